The van der Waals surface area contributed by atoms with Crippen LogP contribution in [-0.4, -0.2) is 7.11 Å². The van der Waals surface area contributed by atoms with Gasteiger partial charge in [-0.2, -0.15) is 5.26 Å². The lowest BCUT2D eigenvalue weighted by Crippen LogP contribution is -2.03. The van der Waals surface area contributed by atoms with Crippen LogP contribution in [0.5, 0.6) is 5.75 Å². The number of ether oxygens (including phenoxy) is 1. The average molecular weight is 321 g/mol. The number of nitrogens with one attached hydrogen (secondary N) is 1. The third kappa shape index (κ3) is 3.60. The van der Waals surface area contributed by atoms with E-state index in [0.717, 1.165) is 22.6 Å². The van der Waals surface area contributed by atoms with Gasteiger partial charge in [-0.05, 0) is 42.8 Å². The lowest BCUT2D eigenvalue weighted by Gasteiger charge is -2.13. The fraction of sp³-hybridized carbons (Fsp3) is 0.188. The number of nitrogens with zero attached hydrogens (tertiary/aromatic N) is 1. The Morgan fingerprint density at radius 3 is 2.62 bits per heavy atom. The molecule has 108 valence electrons. The molecule has 3 nitrogen and oxygen atoms in total. The highest BCUT2D eigenvalue weighted by molar-refractivity contribution is 6.35. The van der Waals surface area contributed by atoms with E-state index in [1.807, 2.05) is 13.0 Å². The maximum atomic E-state index is 8.97. The van der Waals surface area contributed by atoms with Crippen LogP contribution < -0.4 is 10.1 Å². The van der Waals surface area contributed by atoms with Gasteiger partial charge in [0.15, 0.2) is 0 Å². The van der Waals surface area contributed by atoms with Crippen molar-refractivity contribution in [3.8, 4) is 11.8 Å². The van der Waals surface area contributed by atoms with Gasteiger partial charge in [-0.3, -0.25) is 0 Å². The van der Waals surface area contributed by atoms with Crippen LogP contribution in [0.2, 0.25) is 10.0 Å². The summed E-state index contributed by atoms with van der Waals surface area (Å²) in [5, 5.41) is 13.4. The topological polar surface area (TPSA) is 45.0 Å². The number of methoxy groups -OCH3 is 1. The molecule has 2 aromatic rings. The molecule has 0 aliphatic carbocycles. The van der Waals surface area contributed by atoms with Crippen molar-refractivity contribution in [1.29, 1.82) is 5.26 Å². The monoisotopic (exact) mass is 320 g/mol. The second-order valence-corrected chi connectivity index (χ2v) is 5.39. The van der Waals surface area contributed by atoms with Gasteiger partial charge in [0.05, 0.1) is 29.5 Å². The molecule has 0 saturated heterocycles. The van der Waals surface area contributed by atoms with Gasteiger partial charge >= 0.3 is 0 Å². The normalized spacial score (nSPS) is 10.0. The second-order valence-electron chi connectivity index (χ2n) is 4.57. The van der Waals surface area contributed by atoms with Crippen molar-refractivity contribution in [3.63, 3.8) is 0 Å². The first-order chi connectivity index (χ1) is 10.0. The van der Waals surface area contributed by atoms with E-state index in [0.29, 0.717) is 22.2 Å². The first-order valence-corrected chi connectivity index (χ1v) is 7.07. The summed E-state index contributed by atoms with van der Waals surface area (Å²) in [6.45, 7) is 2.38. The molecular weight excluding hydrogens is 307 g/mol. The zero-order chi connectivity index (χ0) is 15.4. The molecule has 21 heavy (non-hydrogen) atoms. The molecule has 0 spiro atoms. The van der Waals surface area contributed by atoms with Crippen LogP contribution >= 0.6 is 23.2 Å². The van der Waals surface area contributed by atoms with Crippen LogP contribution in [0.3, 0.4) is 0 Å². The molecule has 0 unspecified atom stereocenters. The number of halogens is 2. The Balaban J connectivity index is 2.24. The highest BCUT2D eigenvalue weighted by Gasteiger charge is 2.08. The Kier molecular flexibility index (Phi) is 4.95. The maximum absolute atomic E-state index is 8.97. The summed E-state index contributed by atoms with van der Waals surface area (Å²) in [7, 11) is 1.60. The Bertz CT molecular complexity index is 708. The van der Waals surface area contributed by atoms with Crippen LogP contribution in [0.1, 0.15) is 16.7 Å². The minimum absolute atomic E-state index is 0.484. The summed E-state index contributed by atoms with van der Waals surface area (Å²) in [5.41, 5.74) is 3.14. The Hall–Kier alpha value is -1.89. The van der Waals surface area contributed by atoms with Crippen molar-refractivity contribution in [1.82, 2.24) is 0 Å². The lowest BCUT2D eigenvalue weighted by atomic mass is 10.1. The van der Waals surface area contributed by atoms with Crippen molar-refractivity contribution in [2.45, 2.75) is 13.5 Å². The molecule has 0 aromatic heterocycles. The number of nitriles is 1. The van der Waals surface area contributed by atoms with Crippen LogP contribution in [0.4, 0.5) is 5.69 Å². The molecule has 0 aliphatic rings. The van der Waals surface area contributed by atoms with Crippen molar-refractivity contribution >= 4 is 28.9 Å². The highest BCUT2D eigenvalue weighted by Crippen LogP contribution is 2.30. The SMILES string of the molecule is COc1ccc(C#N)cc1CNc1cc(Cl)c(C)cc1Cl. The van der Waals surface area contributed by atoms with Crippen molar-refractivity contribution in [3.05, 3.63) is 57.1 Å². The van der Waals surface area contributed by atoms with E-state index in [1.165, 1.54) is 0 Å². The number of hydrogen-bond donors (Lipinski definition) is 1. The molecule has 0 aliphatic heterocycles. The van der Waals surface area contributed by atoms with E-state index in [4.69, 9.17) is 33.2 Å². The standard InChI is InChI=1S/C16H14Cl2N2O/c1-10-5-14(18)15(7-13(10)17)20-9-12-6-11(8-19)3-4-16(12)21-2/h3-7,20H,9H2,1-2H3. The van der Waals surface area contributed by atoms with Gasteiger partial charge < -0.3 is 10.1 Å². The first kappa shape index (κ1) is 15.5. The van der Waals surface area contributed by atoms with Gasteiger partial charge in [-0.1, -0.05) is 23.2 Å². The first-order valence-electron chi connectivity index (χ1n) is 6.31. The third-order valence-corrected chi connectivity index (χ3v) is 3.85. The largest absolute Gasteiger partial charge is 0.496 e. The number of hydrogen-bond acceptors (Lipinski definition) is 3. The Labute approximate surface area is 134 Å². The highest BCUT2D eigenvalue weighted by atomic mass is 35.5. The van der Waals surface area contributed by atoms with Gasteiger partial charge in [0.25, 0.3) is 0 Å². The van der Waals surface area contributed by atoms with Crippen molar-refractivity contribution in [2.24, 2.45) is 0 Å². The van der Waals surface area contributed by atoms with Crippen LogP contribution in [-0.2, 0) is 6.54 Å². The smallest absolute Gasteiger partial charge is 0.123 e. The summed E-state index contributed by atoms with van der Waals surface area (Å²) in [5.74, 6) is 0.718. The molecule has 0 heterocycles. The van der Waals surface area contributed by atoms with Crippen LogP contribution in [0, 0.1) is 18.3 Å². The predicted octanol–water partition coefficient (Wildman–Crippen LogP) is 4.79. The number of aryl methyl sites for hydroxylation is 1. The molecule has 0 fully saturated rings. The van der Waals surface area contributed by atoms with E-state index < -0.39 is 0 Å². The van der Waals surface area contributed by atoms with E-state index in [1.54, 1.807) is 31.4 Å². The number of benzene rings is 2. The molecular formula is C16H14Cl2N2O. The molecule has 0 amide bonds. The van der Waals surface area contributed by atoms with Gasteiger partial charge in [-0.25, -0.2) is 0 Å². The van der Waals surface area contributed by atoms with Crippen LogP contribution in [0.25, 0.3) is 0 Å². The maximum Gasteiger partial charge on any atom is 0.123 e. The number of anilines is 1. The zero-order valence-electron chi connectivity index (χ0n) is 11.7. The quantitative estimate of drug-likeness (QED) is 0.880. The Morgan fingerprint density at radius 2 is 1.95 bits per heavy atom. The molecule has 5 heteroatoms. The second kappa shape index (κ2) is 6.71. The van der Waals surface area contributed by atoms with E-state index in [2.05, 4.69) is 11.4 Å². The molecule has 0 radical (unpaired) electrons. The average Bonchev–Trinajstić information content (AvgIpc) is 2.49. The zero-order valence-corrected chi connectivity index (χ0v) is 13.2. The van der Waals surface area contributed by atoms with E-state index in [-0.39, 0.29) is 0 Å². The summed E-state index contributed by atoms with van der Waals surface area (Å²) in [4.78, 5) is 0. The molecule has 2 rings (SSSR count). The summed E-state index contributed by atoms with van der Waals surface area (Å²) in [6.07, 6.45) is 0. The van der Waals surface area contributed by atoms with Gasteiger partial charge in [0.1, 0.15) is 5.75 Å². The van der Waals surface area contributed by atoms with Crippen molar-refractivity contribution in [2.75, 3.05) is 12.4 Å². The van der Waals surface area contributed by atoms with Crippen molar-refractivity contribution < 1.29 is 4.74 Å². The van der Waals surface area contributed by atoms with Gasteiger partial charge in [0.2, 0.25) is 0 Å². The molecule has 2 aromatic carbocycles. The third-order valence-electron chi connectivity index (χ3n) is 3.13. The summed E-state index contributed by atoms with van der Waals surface area (Å²) in [6, 6.07) is 11.0. The fourth-order valence-electron chi connectivity index (χ4n) is 1.96. The molecule has 0 atom stereocenters. The van der Waals surface area contributed by atoms with Gasteiger partial charge in [-0.15, -0.1) is 0 Å². The minimum Gasteiger partial charge on any atom is -0.496 e. The Morgan fingerprint density at radius 1 is 1.19 bits per heavy atom. The van der Waals surface area contributed by atoms with E-state index in [9.17, 15) is 0 Å². The van der Waals surface area contributed by atoms with Gasteiger partial charge in [0, 0.05) is 17.1 Å². The minimum atomic E-state index is 0.484. The lowest BCUT2D eigenvalue weighted by molar-refractivity contribution is 0.410. The molecule has 0 saturated carbocycles. The summed E-state index contributed by atoms with van der Waals surface area (Å²) < 4.78 is 5.30. The molecule has 1 N–H and O–H groups in total. The predicted molar refractivity (Wildman–Crippen MR) is 86.2 cm³/mol. The molecule has 0 bridgehead atoms. The summed E-state index contributed by atoms with van der Waals surface area (Å²) >= 11 is 12.3. The fourth-order valence-corrected chi connectivity index (χ4v) is 2.41. The van der Waals surface area contributed by atoms with Crippen LogP contribution in [0.15, 0.2) is 30.3 Å². The van der Waals surface area contributed by atoms with E-state index >= 15 is 0 Å². The number of rotatable bonds is 4.